The number of amides is 1. The Kier molecular flexibility index (Phi) is 4.64. The van der Waals surface area contributed by atoms with Crippen LogP contribution in [-0.2, 0) is 13.1 Å². The Morgan fingerprint density at radius 1 is 1.35 bits per heavy atom. The molecule has 1 amide bonds. The highest BCUT2D eigenvalue weighted by Gasteiger charge is 2.12. The van der Waals surface area contributed by atoms with E-state index in [1.165, 1.54) is 16.0 Å². The molecule has 23 heavy (non-hydrogen) atoms. The molecule has 3 aromatic rings. The minimum absolute atomic E-state index is 0.250. The summed E-state index contributed by atoms with van der Waals surface area (Å²) >= 11 is 1.43. The zero-order valence-corrected chi connectivity index (χ0v) is 12.9. The average Bonchev–Trinajstić information content (AvgIpc) is 3.23. The van der Waals surface area contributed by atoms with Gasteiger partial charge >= 0.3 is 0 Å². The number of hydrogen-bond donors (Lipinski definition) is 2. The summed E-state index contributed by atoms with van der Waals surface area (Å²) in [4.78, 5) is 24.7. The number of nitrogens with two attached hydrogens (primary N) is 1. The molecule has 0 spiro atoms. The van der Waals surface area contributed by atoms with Gasteiger partial charge in [-0.05, 0) is 6.07 Å². The lowest BCUT2D eigenvalue weighted by atomic mass is 10.4. The standard InChI is InChI=1S/C13H14N8OS/c14-2-5-21-7-10(19-20-21)12(22)17-6-9-8-23-13(18-9)11-15-3-1-4-16-11/h1,3-4,7-8H,2,5-6,14H2,(H,17,22). The van der Waals surface area contributed by atoms with Gasteiger partial charge in [-0.15, -0.1) is 16.4 Å². The predicted molar refractivity (Wildman–Crippen MR) is 83.4 cm³/mol. The molecule has 0 atom stereocenters. The molecule has 3 N–H and O–H groups in total. The summed E-state index contributed by atoms with van der Waals surface area (Å²) in [5, 5.41) is 13.0. The van der Waals surface area contributed by atoms with E-state index in [9.17, 15) is 4.79 Å². The molecule has 3 heterocycles. The highest BCUT2D eigenvalue weighted by atomic mass is 32.1. The van der Waals surface area contributed by atoms with Gasteiger partial charge in [0.05, 0.1) is 25.0 Å². The third kappa shape index (κ3) is 3.73. The minimum atomic E-state index is -0.307. The van der Waals surface area contributed by atoms with Crippen molar-refractivity contribution in [2.75, 3.05) is 6.54 Å². The summed E-state index contributed by atoms with van der Waals surface area (Å²) in [7, 11) is 0. The third-order valence-corrected chi connectivity index (χ3v) is 3.76. The van der Waals surface area contributed by atoms with Gasteiger partial charge in [-0.3, -0.25) is 9.48 Å². The third-order valence-electron chi connectivity index (χ3n) is 2.87. The van der Waals surface area contributed by atoms with Crippen LogP contribution in [0.1, 0.15) is 16.2 Å². The summed E-state index contributed by atoms with van der Waals surface area (Å²) in [5.41, 5.74) is 6.41. The van der Waals surface area contributed by atoms with Gasteiger partial charge in [-0.1, -0.05) is 5.21 Å². The van der Waals surface area contributed by atoms with E-state index in [1.807, 2.05) is 5.38 Å². The van der Waals surface area contributed by atoms with Crippen LogP contribution in [0.25, 0.3) is 10.8 Å². The molecule has 0 aliphatic carbocycles. The van der Waals surface area contributed by atoms with Gasteiger partial charge in [0.2, 0.25) is 0 Å². The fraction of sp³-hybridized carbons (Fsp3) is 0.231. The molecule has 0 fully saturated rings. The van der Waals surface area contributed by atoms with Gasteiger partial charge in [-0.2, -0.15) is 0 Å². The van der Waals surface area contributed by atoms with Crippen LogP contribution in [0.3, 0.4) is 0 Å². The topological polar surface area (TPSA) is 124 Å². The zero-order valence-electron chi connectivity index (χ0n) is 12.1. The summed E-state index contributed by atoms with van der Waals surface area (Å²) in [6.07, 6.45) is 4.89. The van der Waals surface area contributed by atoms with E-state index in [4.69, 9.17) is 5.73 Å². The second-order valence-corrected chi connectivity index (χ2v) is 5.41. The normalized spacial score (nSPS) is 10.7. The van der Waals surface area contributed by atoms with Gasteiger partial charge in [0.15, 0.2) is 16.5 Å². The minimum Gasteiger partial charge on any atom is -0.345 e. The van der Waals surface area contributed by atoms with Gasteiger partial charge in [0, 0.05) is 24.3 Å². The molecule has 3 rings (SSSR count). The maximum absolute atomic E-state index is 12.0. The van der Waals surface area contributed by atoms with Crippen molar-refractivity contribution >= 4 is 17.2 Å². The Balaban J connectivity index is 1.60. The fourth-order valence-corrected chi connectivity index (χ4v) is 2.57. The number of carbonyl (C=O) groups excluding carboxylic acids is 1. The predicted octanol–water partition coefficient (Wildman–Crippen LogP) is 0.0803. The molecule has 118 valence electrons. The van der Waals surface area contributed by atoms with Crippen molar-refractivity contribution in [3.8, 4) is 10.8 Å². The molecule has 0 aliphatic rings. The van der Waals surface area contributed by atoms with E-state index in [-0.39, 0.29) is 11.6 Å². The lowest BCUT2D eigenvalue weighted by Crippen LogP contribution is -2.23. The maximum atomic E-state index is 12.0. The summed E-state index contributed by atoms with van der Waals surface area (Å²) in [6.45, 7) is 1.26. The van der Waals surface area contributed by atoms with Crippen LogP contribution >= 0.6 is 11.3 Å². The second kappa shape index (κ2) is 7.03. The van der Waals surface area contributed by atoms with Crippen molar-refractivity contribution in [3.05, 3.63) is 41.4 Å². The number of hydrogen-bond acceptors (Lipinski definition) is 8. The zero-order chi connectivity index (χ0) is 16.1. The Morgan fingerprint density at radius 2 is 2.17 bits per heavy atom. The first-order valence-corrected chi connectivity index (χ1v) is 7.74. The van der Waals surface area contributed by atoms with Crippen molar-refractivity contribution in [2.24, 2.45) is 5.73 Å². The van der Waals surface area contributed by atoms with E-state index < -0.39 is 0 Å². The quantitative estimate of drug-likeness (QED) is 0.655. The van der Waals surface area contributed by atoms with Crippen LogP contribution in [-0.4, -0.2) is 42.4 Å². The Hall–Kier alpha value is -2.72. The monoisotopic (exact) mass is 330 g/mol. The lowest BCUT2D eigenvalue weighted by molar-refractivity contribution is 0.0945. The molecular weight excluding hydrogens is 316 g/mol. The van der Waals surface area contributed by atoms with Crippen molar-refractivity contribution < 1.29 is 4.79 Å². The lowest BCUT2D eigenvalue weighted by Gasteiger charge is -1.99. The molecular formula is C13H14N8OS. The highest BCUT2D eigenvalue weighted by molar-refractivity contribution is 7.13. The molecule has 10 heteroatoms. The number of aromatic nitrogens is 6. The van der Waals surface area contributed by atoms with Gasteiger partial charge < -0.3 is 11.1 Å². The van der Waals surface area contributed by atoms with Crippen LogP contribution < -0.4 is 11.1 Å². The van der Waals surface area contributed by atoms with Crippen molar-refractivity contribution in [1.29, 1.82) is 0 Å². The first-order chi connectivity index (χ1) is 11.3. The molecule has 9 nitrogen and oxygen atoms in total. The molecule has 0 radical (unpaired) electrons. The number of nitrogens with zero attached hydrogens (tertiary/aromatic N) is 6. The first kappa shape index (κ1) is 15.2. The Labute approximate surface area is 135 Å². The Morgan fingerprint density at radius 3 is 2.96 bits per heavy atom. The number of carbonyl (C=O) groups is 1. The van der Waals surface area contributed by atoms with E-state index in [0.29, 0.717) is 30.5 Å². The SMILES string of the molecule is NCCn1cc(C(=O)NCc2csc(-c3ncccn3)n2)nn1. The molecule has 0 saturated carbocycles. The average molecular weight is 330 g/mol. The van der Waals surface area contributed by atoms with Crippen LogP contribution in [0, 0.1) is 0 Å². The van der Waals surface area contributed by atoms with Crippen LogP contribution in [0.15, 0.2) is 30.0 Å². The maximum Gasteiger partial charge on any atom is 0.273 e. The number of rotatable bonds is 6. The van der Waals surface area contributed by atoms with Crippen molar-refractivity contribution in [3.63, 3.8) is 0 Å². The molecule has 0 saturated heterocycles. The van der Waals surface area contributed by atoms with Crippen LogP contribution in [0.5, 0.6) is 0 Å². The Bertz CT molecular complexity index is 784. The van der Waals surface area contributed by atoms with E-state index in [1.54, 1.807) is 24.7 Å². The summed E-state index contributed by atoms with van der Waals surface area (Å²) in [6, 6.07) is 1.75. The number of thiazole rings is 1. The van der Waals surface area contributed by atoms with Crippen LogP contribution in [0.2, 0.25) is 0 Å². The van der Waals surface area contributed by atoms with Crippen LogP contribution in [0.4, 0.5) is 0 Å². The molecule has 0 aromatic carbocycles. The summed E-state index contributed by atoms with van der Waals surface area (Å²) < 4.78 is 1.53. The fourth-order valence-electron chi connectivity index (χ4n) is 1.81. The van der Waals surface area contributed by atoms with Crippen molar-refractivity contribution in [2.45, 2.75) is 13.1 Å². The van der Waals surface area contributed by atoms with Gasteiger partial charge in [0.1, 0.15) is 0 Å². The van der Waals surface area contributed by atoms with Gasteiger partial charge in [0.25, 0.3) is 5.91 Å². The van der Waals surface area contributed by atoms with Crippen molar-refractivity contribution in [1.82, 2.24) is 35.3 Å². The largest absolute Gasteiger partial charge is 0.345 e. The highest BCUT2D eigenvalue weighted by Crippen LogP contribution is 2.19. The number of nitrogens with one attached hydrogen (secondary N) is 1. The first-order valence-electron chi connectivity index (χ1n) is 6.86. The summed E-state index contributed by atoms with van der Waals surface area (Å²) in [5.74, 6) is 0.263. The smallest absolute Gasteiger partial charge is 0.273 e. The van der Waals surface area contributed by atoms with E-state index >= 15 is 0 Å². The molecule has 0 bridgehead atoms. The molecule has 0 unspecified atom stereocenters. The second-order valence-electron chi connectivity index (χ2n) is 4.55. The van der Waals surface area contributed by atoms with E-state index in [0.717, 1.165) is 5.69 Å². The molecule has 0 aliphatic heterocycles. The van der Waals surface area contributed by atoms with Gasteiger partial charge in [-0.25, -0.2) is 15.0 Å². The molecule has 3 aromatic heterocycles. The van der Waals surface area contributed by atoms with E-state index in [2.05, 4.69) is 30.6 Å².